The smallest absolute Gasteiger partial charge is 0.287 e. The van der Waals surface area contributed by atoms with E-state index in [1.165, 1.54) is 31.4 Å². The minimum Gasteiger partial charge on any atom is -0.454 e. The molecule has 2 aliphatic rings. The molecular weight excluding hydrogens is 390 g/mol. The van der Waals surface area contributed by atoms with Gasteiger partial charge in [-0.3, -0.25) is 9.48 Å². The lowest BCUT2D eigenvalue weighted by Gasteiger charge is -2.28. The number of alkyl halides is 4. The zero-order chi connectivity index (χ0) is 20.7. The maximum Gasteiger partial charge on any atom is 0.287 e. The van der Waals surface area contributed by atoms with Gasteiger partial charge in [-0.25, -0.2) is 17.6 Å². The fraction of sp³-hybridized carbons (Fsp3) is 0.600. The third kappa shape index (κ3) is 4.04. The van der Waals surface area contributed by atoms with Crippen molar-refractivity contribution in [1.29, 1.82) is 0 Å². The molecule has 2 heterocycles. The van der Waals surface area contributed by atoms with Gasteiger partial charge in [0, 0.05) is 6.04 Å². The van der Waals surface area contributed by atoms with E-state index in [-0.39, 0.29) is 30.0 Å². The van der Waals surface area contributed by atoms with Crippen LogP contribution in [0.2, 0.25) is 0 Å². The maximum atomic E-state index is 13.1. The molecule has 2 bridgehead atoms. The van der Waals surface area contributed by atoms with Gasteiger partial charge in [-0.15, -0.1) is 0 Å². The van der Waals surface area contributed by atoms with Crippen LogP contribution in [0, 0.1) is 17.8 Å². The van der Waals surface area contributed by atoms with Gasteiger partial charge < -0.3 is 9.73 Å². The van der Waals surface area contributed by atoms with Gasteiger partial charge in [0.15, 0.2) is 5.76 Å². The second kappa shape index (κ2) is 7.84. The van der Waals surface area contributed by atoms with Crippen molar-refractivity contribution in [2.45, 2.75) is 58.0 Å². The number of halogens is 4. The van der Waals surface area contributed by atoms with E-state index in [0.29, 0.717) is 17.9 Å². The van der Waals surface area contributed by atoms with E-state index in [1.807, 2.05) is 6.92 Å². The van der Waals surface area contributed by atoms with Crippen LogP contribution in [0.4, 0.5) is 17.6 Å². The van der Waals surface area contributed by atoms with E-state index in [2.05, 4.69) is 10.4 Å². The first-order valence-corrected chi connectivity index (χ1v) is 9.85. The minimum absolute atomic E-state index is 0.0245. The van der Waals surface area contributed by atoms with Crippen LogP contribution in [0.25, 0.3) is 0 Å². The summed E-state index contributed by atoms with van der Waals surface area (Å²) in [4.78, 5) is 12.5. The Labute approximate surface area is 165 Å². The predicted molar refractivity (Wildman–Crippen MR) is 95.8 cm³/mol. The van der Waals surface area contributed by atoms with Gasteiger partial charge in [0.05, 0.1) is 6.54 Å². The molecule has 29 heavy (non-hydrogen) atoms. The lowest BCUT2D eigenvalue weighted by Crippen LogP contribution is -2.40. The number of nitrogens with zero attached hydrogens (tertiary/aromatic N) is 2. The largest absolute Gasteiger partial charge is 0.454 e. The van der Waals surface area contributed by atoms with Crippen LogP contribution in [0.3, 0.4) is 0 Å². The molecule has 1 amide bonds. The van der Waals surface area contributed by atoms with Gasteiger partial charge >= 0.3 is 0 Å². The fourth-order valence-corrected chi connectivity index (χ4v) is 4.88. The van der Waals surface area contributed by atoms with Crippen LogP contribution in [-0.4, -0.2) is 21.7 Å². The summed E-state index contributed by atoms with van der Waals surface area (Å²) in [6, 6.07) is 3.63. The molecule has 2 aromatic rings. The molecule has 2 saturated carbocycles. The van der Waals surface area contributed by atoms with Gasteiger partial charge in [-0.2, -0.15) is 5.10 Å². The first-order chi connectivity index (χ1) is 13.8. The number of hydrogen-bond donors (Lipinski definition) is 1. The lowest BCUT2D eigenvalue weighted by atomic mass is 9.84. The molecule has 0 spiro atoms. The average molecular weight is 413 g/mol. The molecule has 4 rings (SSSR count). The molecule has 2 aliphatic carbocycles. The Hall–Kier alpha value is -2.32. The Morgan fingerprint density at radius 3 is 2.66 bits per heavy atom. The van der Waals surface area contributed by atoms with Gasteiger partial charge in [0.2, 0.25) is 0 Å². The highest BCUT2D eigenvalue weighted by Crippen LogP contribution is 2.49. The van der Waals surface area contributed by atoms with Crippen LogP contribution in [-0.2, 0) is 6.54 Å². The number of rotatable bonds is 7. The van der Waals surface area contributed by atoms with Gasteiger partial charge in [0.25, 0.3) is 18.8 Å². The number of furan rings is 1. The molecule has 0 radical (unpaired) electrons. The van der Waals surface area contributed by atoms with Crippen molar-refractivity contribution < 1.29 is 26.8 Å². The lowest BCUT2D eigenvalue weighted by molar-refractivity contribution is 0.0884. The van der Waals surface area contributed by atoms with E-state index in [9.17, 15) is 22.4 Å². The van der Waals surface area contributed by atoms with Crippen molar-refractivity contribution in [3.8, 4) is 0 Å². The average Bonchev–Trinajstić information content (AvgIpc) is 3.45. The summed E-state index contributed by atoms with van der Waals surface area (Å²) in [5.74, 6) is 1.80. The minimum atomic E-state index is -2.95. The second-order valence-electron chi connectivity index (χ2n) is 8.12. The van der Waals surface area contributed by atoms with Crippen molar-refractivity contribution in [2.75, 3.05) is 0 Å². The second-order valence-corrected chi connectivity index (χ2v) is 8.12. The third-order valence-electron chi connectivity index (χ3n) is 6.26. The van der Waals surface area contributed by atoms with E-state index >= 15 is 0 Å². The van der Waals surface area contributed by atoms with E-state index in [0.717, 1.165) is 17.0 Å². The van der Waals surface area contributed by atoms with Crippen molar-refractivity contribution in [2.24, 2.45) is 17.8 Å². The SMILES string of the molecule is CC(NC(=O)c1ccc(Cn2nc(C(F)F)cc2C(F)F)o1)C1CC2CCC1C2. The number of aromatic nitrogens is 2. The molecule has 2 aromatic heterocycles. The first-order valence-electron chi connectivity index (χ1n) is 9.85. The number of nitrogens with one attached hydrogen (secondary N) is 1. The van der Waals surface area contributed by atoms with Crippen molar-refractivity contribution in [3.05, 3.63) is 41.1 Å². The predicted octanol–water partition coefficient (Wildman–Crippen LogP) is 4.95. The highest BCUT2D eigenvalue weighted by Gasteiger charge is 2.42. The van der Waals surface area contributed by atoms with Gasteiger partial charge in [-0.1, -0.05) is 6.42 Å². The normalized spacial score (nSPS) is 24.6. The Morgan fingerprint density at radius 1 is 1.24 bits per heavy atom. The van der Waals surface area contributed by atoms with E-state index in [4.69, 9.17) is 4.42 Å². The molecular formula is C20H23F4N3O2. The highest BCUT2D eigenvalue weighted by atomic mass is 19.3. The van der Waals surface area contributed by atoms with Crippen LogP contribution >= 0.6 is 0 Å². The van der Waals surface area contributed by atoms with Crippen LogP contribution in [0.1, 0.15) is 73.2 Å². The summed E-state index contributed by atoms with van der Waals surface area (Å²) in [6.45, 7) is 1.74. The topological polar surface area (TPSA) is 60.1 Å². The highest BCUT2D eigenvalue weighted by molar-refractivity contribution is 5.91. The number of carbonyl (C=O) groups excluding carboxylic acids is 1. The maximum absolute atomic E-state index is 13.1. The number of amides is 1. The summed E-state index contributed by atoms with van der Waals surface area (Å²) in [5, 5.41) is 6.50. The number of fused-ring (bicyclic) bond motifs is 2. The molecule has 0 aliphatic heterocycles. The zero-order valence-corrected chi connectivity index (χ0v) is 16.0. The van der Waals surface area contributed by atoms with Crippen molar-refractivity contribution in [1.82, 2.24) is 15.1 Å². The zero-order valence-electron chi connectivity index (χ0n) is 16.0. The Bertz CT molecular complexity index is 879. The van der Waals surface area contributed by atoms with Crippen LogP contribution in [0.15, 0.2) is 22.6 Å². The summed E-state index contributed by atoms with van der Waals surface area (Å²) < 4.78 is 58.0. The molecule has 2 fully saturated rings. The quantitative estimate of drug-likeness (QED) is 0.653. The summed E-state index contributed by atoms with van der Waals surface area (Å²) >= 11 is 0. The monoisotopic (exact) mass is 413 g/mol. The number of carbonyl (C=O) groups is 1. The molecule has 0 saturated heterocycles. The summed E-state index contributed by atoms with van der Waals surface area (Å²) in [7, 11) is 0. The van der Waals surface area contributed by atoms with Crippen LogP contribution in [0.5, 0.6) is 0 Å². The van der Waals surface area contributed by atoms with E-state index in [1.54, 1.807) is 0 Å². The fourth-order valence-electron chi connectivity index (χ4n) is 4.88. The molecule has 4 unspecified atom stereocenters. The number of hydrogen-bond acceptors (Lipinski definition) is 3. The molecule has 0 aromatic carbocycles. The Kier molecular flexibility index (Phi) is 5.40. The molecule has 9 heteroatoms. The summed E-state index contributed by atoms with van der Waals surface area (Å²) in [5.41, 5.74) is -1.34. The van der Waals surface area contributed by atoms with Crippen molar-refractivity contribution in [3.63, 3.8) is 0 Å². The van der Waals surface area contributed by atoms with Gasteiger partial charge in [-0.05, 0) is 62.1 Å². The van der Waals surface area contributed by atoms with Crippen LogP contribution < -0.4 is 5.32 Å². The van der Waals surface area contributed by atoms with Gasteiger partial charge in [0.1, 0.15) is 17.1 Å². The third-order valence-corrected chi connectivity index (χ3v) is 6.26. The molecule has 4 atom stereocenters. The van der Waals surface area contributed by atoms with E-state index < -0.39 is 24.2 Å². The Morgan fingerprint density at radius 2 is 2.03 bits per heavy atom. The molecule has 158 valence electrons. The Balaban J connectivity index is 1.41. The summed E-state index contributed by atoms with van der Waals surface area (Å²) in [6.07, 6.45) is -1.01. The first kappa shape index (κ1) is 20.0. The molecule has 5 nitrogen and oxygen atoms in total. The van der Waals surface area contributed by atoms with Crippen molar-refractivity contribution >= 4 is 5.91 Å². The standard InChI is InChI=1S/C20H23F4N3O2/c1-10(14-7-11-2-3-12(14)6-11)25-20(28)17-5-4-13(29-17)9-27-16(19(23)24)8-15(26-27)18(21)22/h4-5,8,10-12,14,18-19H,2-3,6-7,9H2,1H3,(H,25,28). The molecule has 1 N–H and O–H groups in total.